The van der Waals surface area contributed by atoms with E-state index in [4.69, 9.17) is 9.47 Å². The van der Waals surface area contributed by atoms with Crippen LogP contribution in [-0.4, -0.2) is 31.8 Å². The van der Waals surface area contributed by atoms with E-state index in [-0.39, 0.29) is 17.6 Å². The van der Waals surface area contributed by atoms with Crippen LogP contribution in [0.25, 0.3) is 0 Å². The number of ether oxygens (including phenoxy) is 2. The highest BCUT2D eigenvalue weighted by atomic mass is 32.2. The summed E-state index contributed by atoms with van der Waals surface area (Å²) < 4.78 is 10.5. The van der Waals surface area contributed by atoms with Gasteiger partial charge >= 0.3 is 0 Å². The maximum atomic E-state index is 12.7. The van der Waals surface area contributed by atoms with E-state index < -0.39 is 0 Å². The molecule has 0 bridgehead atoms. The van der Waals surface area contributed by atoms with Gasteiger partial charge in [0.25, 0.3) is 5.91 Å². The Labute approximate surface area is 192 Å². The number of carbonyl (C=O) groups is 2. The number of hydrogen-bond donors (Lipinski definition) is 2. The number of hydrogen-bond acceptors (Lipinski definition) is 5. The second kappa shape index (κ2) is 11.2. The van der Waals surface area contributed by atoms with Gasteiger partial charge in [0, 0.05) is 23.2 Å². The van der Waals surface area contributed by atoms with Crippen LogP contribution < -0.4 is 20.1 Å². The molecular weight excluding hydrogens is 424 g/mol. The number of anilines is 1. The Morgan fingerprint density at radius 1 is 0.906 bits per heavy atom. The van der Waals surface area contributed by atoms with Crippen molar-refractivity contribution in [1.82, 2.24) is 5.32 Å². The average Bonchev–Trinajstić information content (AvgIpc) is 2.82. The summed E-state index contributed by atoms with van der Waals surface area (Å²) in [6.45, 7) is 2.47. The Kier molecular flexibility index (Phi) is 8.16. The van der Waals surface area contributed by atoms with Gasteiger partial charge in [0.1, 0.15) is 0 Å². The zero-order valence-electron chi connectivity index (χ0n) is 18.3. The van der Waals surface area contributed by atoms with E-state index in [9.17, 15) is 9.59 Å². The molecule has 166 valence electrons. The summed E-state index contributed by atoms with van der Waals surface area (Å²) in [7, 11) is 3.10. The van der Waals surface area contributed by atoms with E-state index in [0.717, 1.165) is 10.5 Å². The van der Waals surface area contributed by atoms with Gasteiger partial charge in [-0.3, -0.25) is 9.59 Å². The van der Waals surface area contributed by atoms with Crippen LogP contribution in [0.4, 0.5) is 5.69 Å². The number of benzene rings is 3. The van der Waals surface area contributed by atoms with E-state index in [2.05, 4.69) is 10.6 Å². The van der Waals surface area contributed by atoms with Crippen LogP contribution in [0.1, 0.15) is 21.5 Å². The minimum Gasteiger partial charge on any atom is -0.493 e. The minimum atomic E-state index is -0.183. The second-order valence-electron chi connectivity index (χ2n) is 7.07. The van der Waals surface area contributed by atoms with E-state index in [1.165, 1.54) is 17.3 Å². The molecule has 7 heteroatoms. The summed E-state index contributed by atoms with van der Waals surface area (Å²) in [4.78, 5) is 25.9. The summed E-state index contributed by atoms with van der Waals surface area (Å²) in [5.74, 6) is 0.932. The average molecular weight is 451 g/mol. The molecule has 2 amide bonds. The quantitative estimate of drug-likeness (QED) is 0.463. The summed E-state index contributed by atoms with van der Waals surface area (Å²) in [6, 6.07) is 20.5. The van der Waals surface area contributed by atoms with Crippen molar-refractivity contribution >= 4 is 29.3 Å². The van der Waals surface area contributed by atoms with E-state index in [0.29, 0.717) is 29.3 Å². The molecule has 3 aromatic rings. The molecule has 0 unspecified atom stereocenters. The van der Waals surface area contributed by atoms with Crippen molar-refractivity contribution in [3.05, 3.63) is 83.4 Å². The Hall–Kier alpha value is -3.45. The highest BCUT2D eigenvalue weighted by Gasteiger charge is 2.13. The lowest BCUT2D eigenvalue weighted by molar-refractivity contribution is -0.113. The van der Waals surface area contributed by atoms with Crippen LogP contribution >= 0.6 is 11.8 Å². The minimum absolute atomic E-state index is 0.163. The van der Waals surface area contributed by atoms with E-state index in [1.807, 2.05) is 49.4 Å². The molecule has 0 aliphatic heterocycles. The van der Waals surface area contributed by atoms with Crippen LogP contribution in [0.5, 0.6) is 11.5 Å². The highest BCUT2D eigenvalue weighted by molar-refractivity contribution is 8.00. The number of rotatable bonds is 9. The molecule has 0 radical (unpaired) electrons. The Morgan fingerprint density at radius 3 is 2.34 bits per heavy atom. The third kappa shape index (κ3) is 6.28. The Bertz CT molecular complexity index is 1080. The number of methoxy groups -OCH3 is 2. The zero-order chi connectivity index (χ0) is 22.9. The summed E-state index contributed by atoms with van der Waals surface area (Å²) in [6.07, 6.45) is 0. The Morgan fingerprint density at radius 2 is 1.62 bits per heavy atom. The SMILES string of the molecule is COc1ccc(NC(=O)CSc2ccccc2C(=O)NCc2ccc(C)cc2)cc1OC. The van der Waals surface area contributed by atoms with Gasteiger partial charge in [-0.05, 0) is 36.8 Å². The molecule has 0 aliphatic rings. The van der Waals surface area contributed by atoms with Gasteiger partial charge in [-0.2, -0.15) is 0 Å². The van der Waals surface area contributed by atoms with Crippen LogP contribution in [0.2, 0.25) is 0 Å². The number of aryl methyl sites for hydroxylation is 1. The van der Waals surface area contributed by atoms with E-state index >= 15 is 0 Å². The first-order chi connectivity index (χ1) is 15.5. The summed E-state index contributed by atoms with van der Waals surface area (Å²) in [5.41, 5.74) is 3.36. The predicted molar refractivity (Wildman–Crippen MR) is 128 cm³/mol. The van der Waals surface area contributed by atoms with Crippen molar-refractivity contribution in [2.24, 2.45) is 0 Å². The molecule has 3 aromatic carbocycles. The van der Waals surface area contributed by atoms with Crippen molar-refractivity contribution in [2.75, 3.05) is 25.3 Å². The lowest BCUT2D eigenvalue weighted by Gasteiger charge is -2.12. The molecule has 0 aromatic heterocycles. The molecule has 0 heterocycles. The molecule has 32 heavy (non-hydrogen) atoms. The van der Waals surface area contributed by atoms with Crippen molar-refractivity contribution in [3.63, 3.8) is 0 Å². The first-order valence-corrected chi connectivity index (χ1v) is 11.1. The molecule has 0 aliphatic carbocycles. The van der Waals surface area contributed by atoms with Gasteiger partial charge in [0.2, 0.25) is 5.91 Å². The van der Waals surface area contributed by atoms with Crippen molar-refractivity contribution < 1.29 is 19.1 Å². The third-order valence-corrected chi connectivity index (χ3v) is 5.80. The summed E-state index contributed by atoms with van der Waals surface area (Å²) in [5, 5.41) is 5.79. The van der Waals surface area contributed by atoms with Crippen molar-refractivity contribution in [1.29, 1.82) is 0 Å². The largest absolute Gasteiger partial charge is 0.493 e. The second-order valence-corrected chi connectivity index (χ2v) is 8.09. The first kappa shape index (κ1) is 23.2. The molecule has 0 saturated heterocycles. The van der Waals surface area contributed by atoms with Crippen LogP contribution in [0.3, 0.4) is 0 Å². The van der Waals surface area contributed by atoms with Gasteiger partial charge in [0.15, 0.2) is 11.5 Å². The fourth-order valence-electron chi connectivity index (χ4n) is 3.02. The lowest BCUT2D eigenvalue weighted by atomic mass is 10.1. The fourth-order valence-corrected chi connectivity index (χ4v) is 3.87. The van der Waals surface area contributed by atoms with Crippen molar-refractivity contribution in [2.45, 2.75) is 18.4 Å². The molecule has 0 atom stereocenters. The smallest absolute Gasteiger partial charge is 0.252 e. The number of carbonyl (C=O) groups excluding carboxylic acids is 2. The van der Waals surface area contributed by atoms with Crippen molar-refractivity contribution in [3.8, 4) is 11.5 Å². The van der Waals surface area contributed by atoms with Gasteiger partial charge in [-0.1, -0.05) is 42.0 Å². The van der Waals surface area contributed by atoms with Gasteiger partial charge < -0.3 is 20.1 Å². The fraction of sp³-hybridized carbons (Fsp3) is 0.200. The molecular formula is C25H26N2O4S. The van der Waals surface area contributed by atoms with E-state index in [1.54, 1.807) is 38.5 Å². The molecule has 6 nitrogen and oxygen atoms in total. The molecule has 0 spiro atoms. The monoisotopic (exact) mass is 450 g/mol. The van der Waals surface area contributed by atoms with Crippen LogP contribution in [0, 0.1) is 6.92 Å². The Balaban J connectivity index is 1.59. The van der Waals surface area contributed by atoms with Gasteiger partial charge in [0.05, 0.1) is 25.5 Å². The molecule has 2 N–H and O–H groups in total. The first-order valence-electron chi connectivity index (χ1n) is 10.1. The lowest BCUT2D eigenvalue weighted by Crippen LogP contribution is -2.23. The molecule has 0 saturated carbocycles. The topological polar surface area (TPSA) is 76.7 Å². The highest BCUT2D eigenvalue weighted by Crippen LogP contribution is 2.30. The number of thioether (sulfide) groups is 1. The summed E-state index contributed by atoms with van der Waals surface area (Å²) >= 11 is 1.32. The maximum Gasteiger partial charge on any atom is 0.252 e. The zero-order valence-corrected chi connectivity index (χ0v) is 19.1. The molecule has 0 fully saturated rings. The van der Waals surface area contributed by atoms with Crippen LogP contribution in [0.15, 0.2) is 71.6 Å². The normalized spacial score (nSPS) is 10.3. The van der Waals surface area contributed by atoms with Gasteiger partial charge in [-0.15, -0.1) is 11.8 Å². The third-order valence-electron chi connectivity index (χ3n) is 4.73. The number of nitrogens with one attached hydrogen (secondary N) is 2. The number of amides is 2. The predicted octanol–water partition coefficient (Wildman–Crippen LogP) is 4.67. The maximum absolute atomic E-state index is 12.7. The van der Waals surface area contributed by atoms with Gasteiger partial charge in [-0.25, -0.2) is 0 Å². The van der Waals surface area contributed by atoms with Crippen LogP contribution in [-0.2, 0) is 11.3 Å². The standard InChI is InChI=1S/C25H26N2O4S/c1-17-8-10-18(11-9-17)15-26-25(29)20-6-4-5-7-23(20)32-16-24(28)27-19-12-13-21(30-2)22(14-19)31-3/h4-14H,15-16H2,1-3H3,(H,26,29)(H,27,28). The molecule has 3 rings (SSSR count).